The lowest BCUT2D eigenvalue weighted by atomic mass is 9.67. The SMILES string of the molecule is Cc1c(Br)cc(C(C)C)c(O)c1C1(C(=O)O)CCCCC1. The van der Waals surface area contributed by atoms with Crippen LogP contribution in [0.2, 0.25) is 0 Å². The first-order valence-electron chi connectivity index (χ1n) is 7.57. The summed E-state index contributed by atoms with van der Waals surface area (Å²) in [5.74, 6) is -0.488. The fraction of sp³-hybridized carbons (Fsp3) is 0.588. The maximum absolute atomic E-state index is 12.0. The number of carbonyl (C=O) groups is 1. The molecule has 116 valence electrons. The summed E-state index contributed by atoms with van der Waals surface area (Å²) in [6.45, 7) is 5.91. The number of aromatic hydroxyl groups is 1. The predicted molar refractivity (Wildman–Crippen MR) is 87.0 cm³/mol. The summed E-state index contributed by atoms with van der Waals surface area (Å²) in [5, 5.41) is 20.6. The Morgan fingerprint density at radius 3 is 2.33 bits per heavy atom. The van der Waals surface area contributed by atoms with Crippen LogP contribution in [0.5, 0.6) is 5.75 Å². The number of carboxylic acids is 1. The van der Waals surface area contributed by atoms with E-state index in [-0.39, 0.29) is 11.7 Å². The van der Waals surface area contributed by atoms with E-state index in [9.17, 15) is 15.0 Å². The Morgan fingerprint density at radius 1 is 1.29 bits per heavy atom. The standard InChI is InChI=1S/C17H23BrO3/c1-10(2)12-9-13(18)11(3)14(15(12)19)17(16(20)21)7-5-4-6-8-17/h9-10,19H,4-8H2,1-3H3,(H,20,21). The van der Waals surface area contributed by atoms with Crippen LogP contribution < -0.4 is 0 Å². The normalized spacial score (nSPS) is 18.0. The Bertz CT molecular complexity index is 558. The highest BCUT2D eigenvalue weighted by Gasteiger charge is 2.45. The van der Waals surface area contributed by atoms with Gasteiger partial charge in [0.25, 0.3) is 0 Å². The van der Waals surface area contributed by atoms with Crippen LogP contribution in [0.1, 0.15) is 68.6 Å². The van der Waals surface area contributed by atoms with E-state index in [0.717, 1.165) is 34.9 Å². The summed E-state index contributed by atoms with van der Waals surface area (Å²) in [4.78, 5) is 12.0. The Balaban J connectivity index is 2.73. The van der Waals surface area contributed by atoms with Crippen molar-refractivity contribution >= 4 is 21.9 Å². The molecule has 1 aliphatic carbocycles. The van der Waals surface area contributed by atoms with Gasteiger partial charge in [0.2, 0.25) is 0 Å². The van der Waals surface area contributed by atoms with E-state index in [0.29, 0.717) is 18.4 Å². The molecule has 0 amide bonds. The number of carboxylic acid groups (broad SMARTS) is 1. The van der Waals surface area contributed by atoms with Crippen molar-refractivity contribution in [2.45, 2.75) is 64.2 Å². The van der Waals surface area contributed by atoms with Crippen LogP contribution >= 0.6 is 15.9 Å². The molecule has 2 N–H and O–H groups in total. The van der Waals surface area contributed by atoms with E-state index >= 15 is 0 Å². The molecule has 0 aromatic heterocycles. The maximum atomic E-state index is 12.0. The highest BCUT2D eigenvalue weighted by atomic mass is 79.9. The summed E-state index contributed by atoms with van der Waals surface area (Å²) in [6.07, 6.45) is 4.07. The molecular formula is C17H23BrO3. The number of aliphatic carboxylic acids is 1. The second-order valence-electron chi connectivity index (χ2n) is 6.40. The van der Waals surface area contributed by atoms with E-state index in [1.807, 2.05) is 26.8 Å². The third-order valence-corrected chi connectivity index (χ3v) is 5.57. The van der Waals surface area contributed by atoms with E-state index in [2.05, 4.69) is 15.9 Å². The summed E-state index contributed by atoms with van der Waals surface area (Å²) in [7, 11) is 0. The summed E-state index contributed by atoms with van der Waals surface area (Å²) < 4.78 is 0.880. The van der Waals surface area contributed by atoms with Crippen molar-refractivity contribution in [3.8, 4) is 5.75 Å². The Kier molecular flexibility index (Phi) is 4.66. The average molecular weight is 355 g/mol. The molecule has 21 heavy (non-hydrogen) atoms. The van der Waals surface area contributed by atoms with Gasteiger partial charge in [0.15, 0.2) is 0 Å². The molecule has 0 saturated heterocycles. The lowest BCUT2D eigenvalue weighted by Gasteiger charge is -2.36. The minimum atomic E-state index is -0.945. The largest absolute Gasteiger partial charge is 0.507 e. The number of hydrogen-bond donors (Lipinski definition) is 2. The van der Waals surface area contributed by atoms with Crippen LogP contribution in [0, 0.1) is 6.92 Å². The van der Waals surface area contributed by atoms with E-state index in [1.54, 1.807) is 0 Å². The monoisotopic (exact) mass is 354 g/mol. The molecule has 0 bridgehead atoms. The molecule has 1 fully saturated rings. The first kappa shape index (κ1) is 16.3. The van der Waals surface area contributed by atoms with Gasteiger partial charge in [-0.25, -0.2) is 0 Å². The van der Waals surface area contributed by atoms with Gasteiger partial charge in [0.05, 0.1) is 5.41 Å². The molecule has 0 heterocycles. The van der Waals surface area contributed by atoms with Gasteiger partial charge >= 0.3 is 5.97 Å². The third-order valence-electron chi connectivity index (χ3n) is 4.74. The van der Waals surface area contributed by atoms with E-state index in [1.165, 1.54) is 0 Å². The zero-order valence-corrected chi connectivity index (χ0v) is 14.5. The number of phenolic OH excluding ortho intramolecular Hbond substituents is 1. The van der Waals surface area contributed by atoms with Crippen LogP contribution in [0.15, 0.2) is 10.5 Å². The van der Waals surface area contributed by atoms with Crippen LogP contribution in [0.4, 0.5) is 0 Å². The van der Waals surface area contributed by atoms with Crippen molar-refractivity contribution in [2.75, 3.05) is 0 Å². The number of halogens is 1. The molecule has 4 heteroatoms. The Hall–Kier alpha value is -1.03. The van der Waals surface area contributed by atoms with Crippen molar-refractivity contribution in [2.24, 2.45) is 0 Å². The van der Waals surface area contributed by atoms with E-state index in [4.69, 9.17) is 0 Å². The van der Waals surface area contributed by atoms with Crippen LogP contribution in [0.3, 0.4) is 0 Å². The third kappa shape index (κ3) is 2.70. The second kappa shape index (κ2) is 5.99. The van der Waals surface area contributed by atoms with Crippen LogP contribution in [0.25, 0.3) is 0 Å². The van der Waals surface area contributed by atoms with Crippen LogP contribution in [-0.2, 0) is 10.2 Å². The molecule has 0 spiro atoms. The van der Waals surface area contributed by atoms with Crippen molar-refractivity contribution in [3.63, 3.8) is 0 Å². The summed E-state index contributed by atoms with van der Waals surface area (Å²) >= 11 is 3.54. The van der Waals surface area contributed by atoms with Crippen molar-refractivity contribution in [1.82, 2.24) is 0 Å². The molecule has 0 atom stereocenters. The van der Waals surface area contributed by atoms with Gasteiger partial charge in [-0.05, 0) is 42.9 Å². The molecule has 1 aromatic carbocycles. The second-order valence-corrected chi connectivity index (χ2v) is 7.25. The van der Waals surface area contributed by atoms with E-state index < -0.39 is 11.4 Å². The first-order chi connectivity index (χ1) is 9.81. The summed E-state index contributed by atoms with van der Waals surface area (Å²) in [6, 6.07) is 1.91. The molecule has 1 aliphatic rings. The number of phenols is 1. The molecular weight excluding hydrogens is 332 g/mol. The van der Waals surface area contributed by atoms with Gasteiger partial charge in [-0.2, -0.15) is 0 Å². The topological polar surface area (TPSA) is 57.5 Å². The molecule has 0 radical (unpaired) electrons. The highest BCUT2D eigenvalue weighted by Crippen LogP contribution is 2.48. The highest BCUT2D eigenvalue weighted by molar-refractivity contribution is 9.10. The number of rotatable bonds is 3. The smallest absolute Gasteiger partial charge is 0.314 e. The van der Waals surface area contributed by atoms with Crippen molar-refractivity contribution in [1.29, 1.82) is 0 Å². The maximum Gasteiger partial charge on any atom is 0.314 e. The predicted octanol–water partition coefficient (Wildman–Crippen LogP) is 4.87. The molecule has 0 unspecified atom stereocenters. The average Bonchev–Trinajstić information content (AvgIpc) is 2.43. The van der Waals surface area contributed by atoms with Gasteiger partial charge in [-0.15, -0.1) is 0 Å². The Morgan fingerprint density at radius 2 is 1.86 bits per heavy atom. The van der Waals surface area contributed by atoms with Gasteiger partial charge in [-0.1, -0.05) is 49.0 Å². The number of benzene rings is 1. The fourth-order valence-corrected chi connectivity index (χ4v) is 3.95. The zero-order valence-electron chi connectivity index (χ0n) is 12.9. The van der Waals surface area contributed by atoms with Gasteiger partial charge in [-0.3, -0.25) is 4.79 Å². The minimum absolute atomic E-state index is 0.148. The van der Waals surface area contributed by atoms with Gasteiger partial charge < -0.3 is 10.2 Å². The molecule has 3 nitrogen and oxygen atoms in total. The van der Waals surface area contributed by atoms with Crippen LogP contribution in [-0.4, -0.2) is 16.2 Å². The number of hydrogen-bond acceptors (Lipinski definition) is 2. The fourth-order valence-electron chi connectivity index (χ4n) is 3.51. The summed E-state index contributed by atoms with van der Waals surface area (Å²) in [5.41, 5.74) is 1.34. The first-order valence-corrected chi connectivity index (χ1v) is 8.36. The molecule has 0 aliphatic heterocycles. The molecule has 2 rings (SSSR count). The van der Waals surface area contributed by atoms with Gasteiger partial charge in [0.1, 0.15) is 5.75 Å². The Labute approximate surface area is 134 Å². The van der Waals surface area contributed by atoms with Gasteiger partial charge in [0, 0.05) is 10.0 Å². The van der Waals surface area contributed by atoms with Crippen molar-refractivity contribution in [3.05, 3.63) is 27.2 Å². The van der Waals surface area contributed by atoms with Crippen molar-refractivity contribution < 1.29 is 15.0 Å². The minimum Gasteiger partial charge on any atom is -0.507 e. The lowest BCUT2D eigenvalue weighted by molar-refractivity contribution is -0.145. The quantitative estimate of drug-likeness (QED) is 0.813. The zero-order chi connectivity index (χ0) is 15.8. The molecule has 1 saturated carbocycles. The lowest BCUT2D eigenvalue weighted by Crippen LogP contribution is -2.38. The molecule has 1 aromatic rings.